The van der Waals surface area contributed by atoms with E-state index in [0.29, 0.717) is 0 Å². The lowest BCUT2D eigenvalue weighted by atomic mass is 10.2. The molecule has 1 rings (SSSR count). The molecule has 0 aliphatic heterocycles. The zero-order chi connectivity index (χ0) is 7.56. The highest BCUT2D eigenvalue weighted by Crippen LogP contribution is 2.08. The molecule has 0 aliphatic rings. The first-order chi connectivity index (χ1) is 4.72. The van der Waals surface area contributed by atoms with Gasteiger partial charge in [-0.15, -0.1) is 0 Å². The molecule has 0 atom stereocenters. The third-order valence-electron chi connectivity index (χ3n) is 1.12. The Labute approximate surface area is 58.1 Å². The van der Waals surface area contributed by atoms with Crippen LogP contribution in [0.5, 0.6) is 0 Å². The largest absolute Gasteiger partial charge is 0.478 e. The summed E-state index contributed by atoms with van der Waals surface area (Å²) in [4.78, 5) is 10.3. The Bertz CT molecular complexity index is 258. The third-order valence-corrected chi connectivity index (χ3v) is 1.12. The lowest BCUT2D eigenvalue weighted by Crippen LogP contribution is -2.01. The van der Waals surface area contributed by atoms with Crippen LogP contribution in [-0.2, 0) is 0 Å². The fourth-order valence-corrected chi connectivity index (χ4v) is 0.636. The smallest absolute Gasteiger partial charge is 0.337 e. The van der Waals surface area contributed by atoms with Crippen molar-refractivity contribution in [3.63, 3.8) is 0 Å². The molecule has 1 aromatic carbocycles. The molecular formula is C7H6NO2. The molecule has 0 unspecified atom stereocenters. The van der Waals surface area contributed by atoms with E-state index in [1.165, 1.54) is 6.07 Å². The van der Waals surface area contributed by atoms with Crippen molar-refractivity contribution in [3.8, 4) is 0 Å². The summed E-state index contributed by atoms with van der Waals surface area (Å²) < 4.78 is 0. The van der Waals surface area contributed by atoms with Gasteiger partial charge < -0.3 is 10.8 Å². The lowest BCUT2D eigenvalue weighted by molar-refractivity contribution is 0.0698. The number of hydrogen-bond acceptors (Lipinski definition) is 2. The van der Waals surface area contributed by atoms with Crippen molar-refractivity contribution in [2.24, 2.45) is 0 Å². The number of rotatable bonds is 1. The molecule has 0 aliphatic carbocycles. The van der Waals surface area contributed by atoms with Crippen LogP contribution in [0.25, 0.3) is 0 Å². The van der Waals surface area contributed by atoms with Crippen molar-refractivity contribution in [1.29, 1.82) is 0 Å². The molecule has 0 spiro atoms. The van der Waals surface area contributed by atoms with Crippen molar-refractivity contribution in [2.75, 3.05) is 5.73 Å². The maximum absolute atomic E-state index is 10.3. The van der Waals surface area contributed by atoms with Gasteiger partial charge in [0.25, 0.3) is 0 Å². The first-order valence-electron chi connectivity index (χ1n) is 2.71. The molecule has 3 nitrogen and oxygen atoms in total. The molecule has 0 heterocycles. The van der Waals surface area contributed by atoms with E-state index in [0.717, 1.165) is 0 Å². The minimum Gasteiger partial charge on any atom is -0.478 e. The van der Waals surface area contributed by atoms with Gasteiger partial charge in [-0.2, -0.15) is 0 Å². The number of benzene rings is 1. The second kappa shape index (κ2) is 2.39. The van der Waals surface area contributed by atoms with Gasteiger partial charge in [0.15, 0.2) is 0 Å². The SMILES string of the molecule is Nc1[c]cccc1C(=O)O. The summed E-state index contributed by atoms with van der Waals surface area (Å²) in [6.45, 7) is 0. The van der Waals surface area contributed by atoms with Crippen LogP contribution in [-0.4, -0.2) is 11.1 Å². The summed E-state index contributed by atoms with van der Waals surface area (Å²) >= 11 is 0. The maximum Gasteiger partial charge on any atom is 0.337 e. The van der Waals surface area contributed by atoms with Crippen molar-refractivity contribution in [1.82, 2.24) is 0 Å². The Morgan fingerprint density at radius 2 is 2.40 bits per heavy atom. The van der Waals surface area contributed by atoms with E-state index in [4.69, 9.17) is 10.8 Å². The fraction of sp³-hybridized carbons (Fsp3) is 0. The summed E-state index contributed by atoms with van der Waals surface area (Å²) in [5, 5.41) is 8.47. The number of carboxylic acids is 1. The number of nitrogens with two attached hydrogens (primary N) is 1. The Kier molecular flexibility index (Phi) is 1.58. The van der Waals surface area contributed by atoms with Gasteiger partial charge in [-0.25, -0.2) is 4.79 Å². The molecule has 1 aromatic rings. The molecule has 0 aromatic heterocycles. The minimum atomic E-state index is -1.02. The van der Waals surface area contributed by atoms with Gasteiger partial charge in [0.1, 0.15) is 0 Å². The number of para-hydroxylation sites is 1. The number of aromatic carboxylic acids is 1. The van der Waals surface area contributed by atoms with Crippen molar-refractivity contribution >= 4 is 11.7 Å². The predicted molar refractivity (Wildman–Crippen MR) is 36.6 cm³/mol. The van der Waals surface area contributed by atoms with Gasteiger partial charge in [0.05, 0.1) is 11.3 Å². The fourth-order valence-electron chi connectivity index (χ4n) is 0.636. The van der Waals surface area contributed by atoms with Crippen LogP contribution >= 0.6 is 0 Å². The first-order valence-corrected chi connectivity index (χ1v) is 2.71. The van der Waals surface area contributed by atoms with Crippen molar-refractivity contribution < 1.29 is 9.90 Å². The van der Waals surface area contributed by atoms with Gasteiger partial charge in [0, 0.05) is 6.07 Å². The highest BCUT2D eigenvalue weighted by atomic mass is 16.4. The summed E-state index contributed by atoms with van der Waals surface area (Å²) in [5.74, 6) is -1.02. The summed E-state index contributed by atoms with van der Waals surface area (Å²) in [5.41, 5.74) is 5.56. The van der Waals surface area contributed by atoms with Crippen LogP contribution in [0.3, 0.4) is 0 Å². The van der Waals surface area contributed by atoms with Crippen LogP contribution in [0.4, 0.5) is 5.69 Å². The van der Waals surface area contributed by atoms with Crippen LogP contribution in [0.1, 0.15) is 10.4 Å². The van der Waals surface area contributed by atoms with Gasteiger partial charge in [-0.1, -0.05) is 12.1 Å². The molecule has 3 N–H and O–H groups in total. The first kappa shape index (κ1) is 6.61. The zero-order valence-electron chi connectivity index (χ0n) is 5.16. The molecule has 1 radical (unpaired) electrons. The Balaban J connectivity index is 3.15. The normalized spacial score (nSPS) is 9.20. The molecule has 10 heavy (non-hydrogen) atoms. The van der Waals surface area contributed by atoms with Crippen LogP contribution in [0.15, 0.2) is 18.2 Å². The minimum absolute atomic E-state index is 0.0995. The van der Waals surface area contributed by atoms with E-state index >= 15 is 0 Å². The van der Waals surface area contributed by atoms with E-state index < -0.39 is 5.97 Å². The molecule has 51 valence electrons. The maximum atomic E-state index is 10.3. The number of nitrogen functional groups attached to an aromatic ring is 1. The molecule has 3 heteroatoms. The van der Waals surface area contributed by atoms with Crippen molar-refractivity contribution in [3.05, 3.63) is 29.8 Å². The zero-order valence-corrected chi connectivity index (χ0v) is 5.16. The van der Waals surface area contributed by atoms with Crippen LogP contribution in [0.2, 0.25) is 0 Å². The van der Waals surface area contributed by atoms with Gasteiger partial charge >= 0.3 is 5.97 Å². The monoisotopic (exact) mass is 136 g/mol. The Hall–Kier alpha value is -1.51. The molecule has 0 saturated carbocycles. The average molecular weight is 136 g/mol. The number of hydrogen-bond donors (Lipinski definition) is 2. The second-order valence-corrected chi connectivity index (χ2v) is 1.80. The molecular weight excluding hydrogens is 130 g/mol. The Morgan fingerprint density at radius 3 is 2.80 bits per heavy atom. The van der Waals surface area contributed by atoms with Crippen LogP contribution < -0.4 is 5.73 Å². The summed E-state index contributed by atoms with van der Waals surface area (Å²) in [6.07, 6.45) is 0. The molecule has 0 saturated heterocycles. The van der Waals surface area contributed by atoms with Gasteiger partial charge in [0.2, 0.25) is 0 Å². The van der Waals surface area contributed by atoms with E-state index in [2.05, 4.69) is 6.07 Å². The standard InChI is InChI=1S/C7H6NO2/c8-6-4-2-1-3-5(6)7(9)10/h1-3H,8H2,(H,9,10). The summed E-state index contributed by atoms with van der Waals surface area (Å²) in [6, 6.07) is 7.17. The van der Waals surface area contributed by atoms with E-state index in [1.807, 2.05) is 0 Å². The third kappa shape index (κ3) is 1.07. The molecule has 0 amide bonds. The van der Waals surface area contributed by atoms with Gasteiger partial charge in [-0.3, -0.25) is 0 Å². The highest BCUT2D eigenvalue weighted by Gasteiger charge is 2.04. The summed E-state index contributed by atoms with van der Waals surface area (Å²) in [7, 11) is 0. The van der Waals surface area contributed by atoms with Gasteiger partial charge in [-0.05, 0) is 6.07 Å². The average Bonchev–Trinajstić information content (AvgIpc) is 1.88. The number of carbonyl (C=O) groups is 1. The second-order valence-electron chi connectivity index (χ2n) is 1.80. The number of anilines is 1. The number of carboxylic acid groups (broad SMARTS) is 1. The van der Waals surface area contributed by atoms with E-state index in [-0.39, 0.29) is 11.3 Å². The van der Waals surface area contributed by atoms with Crippen LogP contribution in [0, 0.1) is 6.07 Å². The Morgan fingerprint density at radius 1 is 1.70 bits per heavy atom. The molecule has 0 bridgehead atoms. The van der Waals surface area contributed by atoms with E-state index in [9.17, 15) is 4.79 Å². The highest BCUT2D eigenvalue weighted by molar-refractivity contribution is 5.93. The topological polar surface area (TPSA) is 63.3 Å². The quantitative estimate of drug-likeness (QED) is 0.560. The predicted octanol–water partition coefficient (Wildman–Crippen LogP) is 0.767. The van der Waals surface area contributed by atoms with Crippen molar-refractivity contribution in [2.45, 2.75) is 0 Å². The van der Waals surface area contributed by atoms with E-state index in [1.54, 1.807) is 12.1 Å². The molecule has 0 fully saturated rings. The lowest BCUT2D eigenvalue weighted by Gasteiger charge is -1.95.